The molecule has 30 heavy (non-hydrogen) atoms. The van der Waals surface area contributed by atoms with Gasteiger partial charge in [-0.1, -0.05) is 18.2 Å². The molecule has 0 heterocycles. The van der Waals surface area contributed by atoms with Crippen LogP contribution in [0.25, 0.3) is 0 Å². The lowest BCUT2D eigenvalue weighted by atomic mass is 10.1. The van der Waals surface area contributed by atoms with Gasteiger partial charge in [-0.05, 0) is 36.2 Å². The number of hydrogen-bond donors (Lipinski definition) is 2. The van der Waals surface area contributed by atoms with E-state index in [0.717, 1.165) is 22.4 Å². The minimum Gasteiger partial charge on any atom is -0.491 e. The molecule has 2 aromatic rings. The molecule has 2 aromatic carbocycles. The Hall–Kier alpha value is -2.07. The zero-order valence-electron chi connectivity index (χ0n) is 18.3. The number of aliphatic imine (C=N–C) groups is 1. The van der Waals surface area contributed by atoms with Gasteiger partial charge in [0.05, 0.1) is 12.3 Å². The van der Waals surface area contributed by atoms with Crippen molar-refractivity contribution < 1.29 is 13.9 Å². The fraction of sp³-hybridized carbons (Fsp3) is 0.409. The predicted molar refractivity (Wildman–Crippen MR) is 132 cm³/mol. The van der Waals surface area contributed by atoms with Gasteiger partial charge in [0, 0.05) is 46.9 Å². The number of nitrogens with one attached hydrogen (secondary N) is 2. The molecule has 166 valence electrons. The van der Waals surface area contributed by atoms with E-state index in [0.29, 0.717) is 38.0 Å². The van der Waals surface area contributed by atoms with E-state index in [-0.39, 0.29) is 29.8 Å². The van der Waals surface area contributed by atoms with E-state index in [4.69, 9.17) is 9.47 Å². The molecule has 0 saturated heterocycles. The van der Waals surface area contributed by atoms with Crippen LogP contribution in [0.4, 0.5) is 10.1 Å². The topological polar surface area (TPSA) is 58.1 Å². The smallest absolute Gasteiger partial charge is 0.191 e. The van der Waals surface area contributed by atoms with Crippen LogP contribution in [-0.2, 0) is 17.8 Å². The molecule has 0 aliphatic heterocycles. The van der Waals surface area contributed by atoms with Crippen molar-refractivity contribution in [1.29, 1.82) is 0 Å². The molecule has 2 rings (SSSR count). The molecule has 0 saturated carbocycles. The van der Waals surface area contributed by atoms with Gasteiger partial charge in [0.25, 0.3) is 0 Å². The van der Waals surface area contributed by atoms with Crippen LogP contribution in [0.15, 0.2) is 41.4 Å². The minimum absolute atomic E-state index is 0. The highest BCUT2D eigenvalue weighted by Crippen LogP contribution is 2.20. The molecule has 0 aliphatic carbocycles. The molecule has 8 heteroatoms. The first-order valence-corrected chi connectivity index (χ1v) is 9.56. The van der Waals surface area contributed by atoms with Crippen LogP contribution in [0, 0.1) is 12.7 Å². The summed E-state index contributed by atoms with van der Waals surface area (Å²) in [5.74, 6) is 1.21. The summed E-state index contributed by atoms with van der Waals surface area (Å²) in [6.07, 6.45) is 0. The van der Waals surface area contributed by atoms with Gasteiger partial charge in [-0.25, -0.2) is 4.39 Å². The van der Waals surface area contributed by atoms with E-state index in [1.165, 1.54) is 6.07 Å². The molecular formula is C22H32FIN4O2. The Balaban J connectivity index is 0.00000450. The summed E-state index contributed by atoms with van der Waals surface area (Å²) in [4.78, 5) is 5.99. The van der Waals surface area contributed by atoms with Crippen molar-refractivity contribution in [1.82, 2.24) is 10.6 Å². The second-order valence-corrected chi connectivity index (χ2v) is 6.91. The van der Waals surface area contributed by atoms with Crippen LogP contribution in [0.5, 0.6) is 5.75 Å². The van der Waals surface area contributed by atoms with Gasteiger partial charge in [-0.15, -0.1) is 24.0 Å². The number of aryl methyl sites for hydroxylation is 1. The predicted octanol–water partition coefficient (Wildman–Crippen LogP) is 3.71. The van der Waals surface area contributed by atoms with Crippen LogP contribution in [0.2, 0.25) is 0 Å². The van der Waals surface area contributed by atoms with Crippen LogP contribution in [0.1, 0.15) is 16.7 Å². The number of benzene rings is 2. The summed E-state index contributed by atoms with van der Waals surface area (Å²) in [7, 11) is 6.99. The van der Waals surface area contributed by atoms with Crippen LogP contribution < -0.4 is 20.3 Å². The number of guanidine groups is 1. The fourth-order valence-electron chi connectivity index (χ4n) is 2.79. The van der Waals surface area contributed by atoms with E-state index in [1.54, 1.807) is 25.1 Å². The minimum atomic E-state index is -0.241. The van der Waals surface area contributed by atoms with Gasteiger partial charge in [0.2, 0.25) is 0 Å². The van der Waals surface area contributed by atoms with Crippen molar-refractivity contribution in [3.63, 3.8) is 0 Å². The third-order valence-corrected chi connectivity index (χ3v) is 4.39. The third-order valence-electron chi connectivity index (χ3n) is 4.39. The Kier molecular flexibility index (Phi) is 11.5. The molecule has 0 unspecified atom stereocenters. The van der Waals surface area contributed by atoms with Gasteiger partial charge in [0.15, 0.2) is 5.96 Å². The maximum Gasteiger partial charge on any atom is 0.191 e. The molecule has 0 bridgehead atoms. The summed E-state index contributed by atoms with van der Waals surface area (Å²) >= 11 is 0. The molecular weight excluding hydrogens is 498 g/mol. The van der Waals surface area contributed by atoms with Crippen LogP contribution in [0.3, 0.4) is 0 Å². The number of methoxy groups -OCH3 is 1. The number of hydrogen-bond acceptors (Lipinski definition) is 4. The maximum atomic E-state index is 14.1. The quantitative estimate of drug-likeness (QED) is 0.224. The monoisotopic (exact) mass is 530 g/mol. The first-order valence-electron chi connectivity index (χ1n) is 9.56. The van der Waals surface area contributed by atoms with E-state index in [9.17, 15) is 4.39 Å². The Morgan fingerprint density at radius 3 is 2.43 bits per heavy atom. The Labute approximate surface area is 195 Å². The molecule has 0 aliphatic rings. The molecule has 0 spiro atoms. The first-order chi connectivity index (χ1) is 13.9. The Morgan fingerprint density at radius 2 is 1.80 bits per heavy atom. The zero-order chi connectivity index (χ0) is 21.2. The molecule has 0 fully saturated rings. The van der Waals surface area contributed by atoms with E-state index < -0.39 is 0 Å². The van der Waals surface area contributed by atoms with E-state index >= 15 is 0 Å². The van der Waals surface area contributed by atoms with Crippen molar-refractivity contribution in [2.24, 2.45) is 4.99 Å². The average molecular weight is 530 g/mol. The molecule has 2 N–H and O–H groups in total. The third kappa shape index (κ3) is 7.98. The number of nitrogens with zero attached hydrogens (tertiary/aromatic N) is 2. The van der Waals surface area contributed by atoms with E-state index in [1.807, 2.05) is 45.3 Å². The highest BCUT2D eigenvalue weighted by atomic mass is 127. The number of anilines is 1. The Bertz CT molecular complexity index is 831. The van der Waals surface area contributed by atoms with Gasteiger partial charge in [-0.2, -0.15) is 0 Å². The maximum absolute atomic E-state index is 14.1. The average Bonchev–Trinajstić information content (AvgIpc) is 2.69. The van der Waals surface area contributed by atoms with Gasteiger partial charge in [0.1, 0.15) is 18.2 Å². The summed E-state index contributed by atoms with van der Waals surface area (Å²) < 4.78 is 25.0. The standard InChI is InChI=1S/C22H31FN4O2.HI/c1-16-6-8-18(21(12-16)29-11-10-28-5)15-26-22(24-2)25-14-17-7-9-20(27(3)4)19(23)13-17;/h6-9,12-13H,10-11,14-15H2,1-5H3,(H2,24,25,26);1H. The van der Waals surface area contributed by atoms with Gasteiger partial charge < -0.3 is 25.0 Å². The summed E-state index contributed by atoms with van der Waals surface area (Å²) in [5.41, 5.74) is 3.56. The van der Waals surface area contributed by atoms with Crippen molar-refractivity contribution >= 4 is 35.6 Å². The van der Waals surface area contributed by atoms with Crippen molar-refractivity contribution in [3.05, 3.63) is 58.9 Å². The second-order valence-electron chi connectivity index (χ2n) is 6.91. The Morgan fingerprint density at radius 1 is 1.07 bits per heavy atom. The summed E-state index contributed by atoms with van der Waals surface area (Å²) in [6.45, 7) is 4.08. The van der Waals surface area contributed by atoms with Gasteiger partial charge in [-0.3, -0.25) is 4.99 Å². The van der Waals surface area contributed by atoms with Crippen molar-refractivity contribution in [3.8, 4) is 5.75 Å². The number of rotatable bonds is 9. The molecule has 0 atom stereocenters. The second kappa shape index (κ2) is 13.3. The molecule has 0 radical (unpaired) electrons. The summed E-state index contributed by atoms with van der Waals surface area (Å²) in [6, 6.07) is 11.3. The lowest BCUT2D eigenvalue weighted by Gasteiger charge is -2.16. The molecule has 0 amide bonds. The van der Waals surface area contributed by atoms with Crippen molar-refractivity contribution in [2.75, 3.05) is 46.4 Å². The number of ether oxygens (including phenoxy) is 2. The first kappa shape index (κ1) is 26.0. The lowest BCUT2D eigenvalue weighted by Crippen LogP contribution is -2.36. The van der Waals surface area contributed by atoms with Crippen LogP contribution >= 0.6 is 24.0 Å². The summed E-state index contributed by atoms with van der Waals surface area (Å²) in [5, 5.41) is 6.49. The van der Waals surface area contributed by atoms with Crippen LogP contribution in [-0.4, -0.2) is 47.4 Å². The molecule has 6 nitrogen and oxygen atoms in total. The zero-order valence-corrected chi connectivity index (χ0v) is 20.6. The highest BCUT2D eigenvalue weighted by molar-refractivity contribution is 14.0. The SMILES string of the molecule is CN=C(NCc1ccc(N(C)C)c(F)c1)NCc1ccc(C)cc1OCCOC.I. The van der Waals surface area contributed by atoms with E-state index in [2.05, 4.69) is 15.6 Å². The van der Waals surface area contributed by atoms with Crippen molar-refractivity contribution in [2.45, 2.75) is 20.0 Å². The fourth-order valence-corrected chi connectivity index (χ4v) is 2.79. The van der Waals surface area contributed by atoms with Gasteiger partial charge >= 0.3 is 0 Å². The number of halogens is 2. The largest absolute Gasteiger partial charge is 0.491 e. The normalized spacial score (nSPS) is 10.9. The molecule has 0 aromatic heterocycles. The lowest BCUT2D eigenvalue weighted by molar-refractivity contribution is 0.145. The highest BCUT2D eigenvalue weighted by Gasteiger charge is 2.08.